The van der Waals surface area contributed by atoms with Gasteiger partial charge in [-0.25, -0.2) is 13.2 Å². The highest BCUT2D eigenvalue weighted by atomic mass is 35.5. The van der Waals surface area contributed by atoms with Crippen LogP contribution in [0, 0.1) is 0 Å². The fraction of sp³-hybridized carbons (Fsp3) is 0.333. The molecule has 170 valence electrons. The number of anilines is 1. The zero-order chi connectivity index (χ0) is 23.0. The van der Waals surface area contributed by atoms with Crippen molar-refractivity contribution in [3.8, 4) is 0 Å². The molecule has 0 aromatic heterocycles. The Balaban J connectivity index is 1.50. The van der Waals surface area contributed by atoms with Gasteiger partial charge in [-0.2, -0.15) is 4.31 Å². The van der Waals surface area contributed by atoms with Crippen LogP contribution in [0.3, 0.4) is 0 Å². The Kier molecular flexibility index (Phi) is 6.35. The Morgan fingerprint density at radius 2 is 1.84 bits per heavy atom. The summed E-state index contributed by atoms with van der Waals surface area (Å²) in [5, 5.41) is 0.731. The third kappa shape index (κ3) is 4.43. The summed E-state index contributed by atoms with van der Waals surface area (Å²) < 4.78 is 32.9. The number of fused-ring (bicyclic) bond motifs is 1. The minimum absolute atomic E-state index is 0.0477. The standard InChI is InChI=1S/C21H21Cl2N3O5S/c22-15-2-4-19-14(9-15)12-31-21(28)26(19)16-5-7-25(8-6-16)32(29,30)17-3-1-13(10-20(24)27)18(23)11-17/h1-4,9,11,16H,5-8,10,12H2,(H2,24,27). The Morgan fingerprint density at radius 3 is 2.50 bits per heavy atom. The first-order valence-corrected chi connectivity index (χ1v) is 12.2. The summed E-state index contributed by atoms with van der Waals surface area (Å²) in [6.07, 6.45) is 0.384. The van der Waals surface area contributed by atoms with Crippen LogP contribution < -0.4 is 10.6 Å². The van der Waals surface area contributed by atoms with E-state index in [1.807, 2.05) is 0 Å². The number of nitrogens with zero attached hydrogens (tertiary/aromatic N) is 2. The number of sulfonamides is 1. The fourth-order valence-corrected chi connectivity index (χ4v) is 6.07. The van der Waals surface area contributed by atoms with Crippen LogP contribution >= 0.6 is 23.2 Å². The van der Waals surface area contributed by atoms with Crippen molar-refractivity contribution in [3.05, 3.63) is 57.6 Å². The van der Waals surface area contributed by atoms with Crippen LogP contribution in [0.1, 0.15) is 24.0 Å². The molecule has 0 spiro atoms. The third-order valence-corrected chi connectivity index (χ3v) is 8.15. The summed E-state index contributed by atoms with van der Waals surface area (Å²) in [5.74, 6) is -0.551. The van der Waals surface area contributed by atoms with E-state index >= 15 is 0 Å². The summed E-state index contributed by atoms with van der Waals surface area (Å²) in [5.41, 5.74) is 7.22. The van der Waals surface area contributed by atoms with Crippen molar-refractivity contribution >= 4 is 50.9 Å². The predicted molar refractivity (Wildman–Crippen MR) is 120 cm³/mol. The zero-order valence-electron chi connectivity index (χ0n) is 17.0. The number of halogens is 2. The van der Waals surface area contributed by atoms with Crippen LogP contribution in [0.25, 0.3) is 0 Å². The molecule has 1 fully saturated rings. The number of piperidine rings is 1. The zero-order valence-corrected chi connectivity index (χ0v) is 19.3. The molecule has 32 heavy (non-hydrogen) atoms. The minimum Gasteiger partial charge on any atom is -0.444 e. The molecule has 2 aromatic rings. The lowest BCUT2D eigenvalue weighted by molar-refractivity contribution is -0.117. The first kappa shape index (κ1) is 22.8. The number of hydrogen-bond donors (Lipinski definition) is 1. The van der Waals surface area contributed by atoms with Gasteiger partial charge in [-0.15, -0.1) is 0 Å². The SMILES string of the molecule is NC(=O)Cc1ccc(S(=O)(=O)N2CCC(N3C(=O)OCc4cc(Cl)ccc43)CC2)cc1Cl. The molecule has 0 aliphatic carbocycles. The monoisotopic (exact) mass is 497 g/mol. The number of carbonyl (C=O) groups is 2. The van der Waals surface area contributed by atoms with Crippen molar-refractivity contribution in [1.82, 2.24) is 4.31 Å². The molecule has 8 nitrogen and oxygen atoms in total. The van der Waals surface area contributed by atoms with E-state index in [2.05, 4.69) is 0 Å². The molecule has 4 rings (SSSR count). The maximum absolute atomic E-state index is 13.1. The van der Waals surface area contributed by atoms with Gasteiger partial charge in [-0.1, -0.05) is 29.3 Å². The molecule has 0 atom stereocenters. The minimum atomic E-state index is -3.78. The highest BCUT2D eigenvalue weighted by molar-refractivity contribution is 7.89. The molecular weight excluding hydrogens is 477 g/mol. The molecule has 2 N–H and O–H groups in total. The molecule has 1 saturated heterocycles. The Hall–Kier alpha value is -2.33. The second-order valence-electron chi connectivity index (χ2n) is 7.73. The lowest BCUT2D eigenvalue weighted by Gasteiger charge is -2.39. The number of carbonyl (C=O) groups excluding carboxylic acids is 2. The number of ether oxygens (including phenoxy) is 1. The van der Waals surface area contributed by atoms with E-state index in [4.69, 9.17) is 33.7 Å². The van der Waals surface area contributed by atoms with Gasteiger partial charge in [-0.3, -0.25) is 9.69 Å². The molecule has 0 unspecified atom stereocenters. The second-order valence-corrected chi connectivity index (χ2v) is 10.5. The first-order valence-electron chi connectivity index (χ1n) is 9.98. The van der Waals surface area contributed by atoms with Crippen LogP contribution in [0.5, 0.6) is 0 Å². The van der Waals surface area contributed by atoms with Crippen LogP contribution in [-0.2, 0) is 32.6 Å². The fourth-order valence-electron chi connectivity index (χ4n) is 4.07. The molecule has 2 heterocycles. The van der Waals surface area contributed by atoms with E-state index in [1.165, 1.54) is 22.5 Å². The van der Waals surface area contributed by atoms with Crippen LogP contribution in [0.15, 0.2) is 41.3 Å². The summed E-state index contributed by atoms with van der Waals surface area (Å²) in [6.45, 7) is 0.631. The van der Waals surface area contributed by atoms with Crippen molar-refractivity contribution in [2.24, 2.45) is 5.73 Å². The van der Waals surface area contributed by atoms with Gasteiger partial charge in [0.15, 0.2) is 0 Å². The highest BCUT2D eigenvalue weighted by Crippen LogP contribution is 2.34. The van der Waals surface area contributed by atoms with Crippen molar-refractivity contribution in [3.63, 3.8) is 0 Å². The second kappa shape index (κ2) is 8.90. The lowest BCUT2D eigenvalue weighted by Crippen LogP contribution is -2.50. The molecule has 0 bridgehead atoms. The Labute approximate surface area is 195 Å². The molecule has 2 amide bonds. The number of amides is 2. The van der Waals surface area contributed by atoms with Crippen molar-refractivity contribution < 1.29 is 22.7 Å². The number of primary amides is 1. The number of nitrogens with two attached hydrogens (primary N) is 1. The predicted octanol–water partition coefficient (Wildman–Crippen LogP) is 3.33. The number of benzene rings is 2. The molecule has 2 aromatic carbocycles. The van der Waals surface area contributed by atoms with Gasteiger partial charge in [-0.05, 0) is 48.7 Å². The summed E-state index contributed by atoms with van der Waals surface area (Å²) in [4.78, 5) is 25.2. The average molecular weight is 498 g/mol. The van der Waals surface area contributed by atoms with Crippen LogP contribution in [0.4, 0.5) is 10.5 Å². The van der Waals surface area contributed by atoms with Gasteiger partial charge >= 0.3 is 6.09 Å². The van der Waals surface area contributed by atoms with E-state index < -0.39 is 22.0 Å². The van der Waals surface area contributed by atoms with Crippen LogP contribution in [-0.4, -0.2) is 43.9 Å². The number of rotatable bonds is 5. The summed E-state index contributed by atoms with van der Waals surface area (Å²) in [7, 11) is -3.78. The quantitative estimate of drug-likeness (QED) is 0.680. The largest absolute Gasteiger partial charge is 0.444 e. The van der Waals surface area contributed by atoms with Crippen LogP contribution in [0.2, 0.25) is 10.0 Å². The van der Waals surface area contributed by atoms with Crippen molar-refractivity contribution in [1.29, 1.82) is 0 Å². The van der Waals surface area contributed by atoms with Gasteiger partial charge in [0.2, 0.25) is 15.9 Å². The average Bonchev–Trinajstić information content (AvgIpc) is 2.75. The highest BCUT2D eigenvalue weighted by Gasteiger charge is 2.37. The van der Waals surface area contributed by atoms with Gasteiger partial charge in [0.05, 0.1) is 17.0 Å². The molecule has 0 radical (unpaired) electrons. The van der Waals surface area contributed by atoms with E-state index in [-0.39, 0.29) is 42.1 Å². The van der Waals surface area contributed by atoms with E-state index in [1.54, 1.807) is 23.1 Å². The molecule has 2 aliphatic rings. The molecule has 2 aliphatic heterocycles. The van der Waals surface area contributed by atoms with Crippen molar-refractivity contribution in [2.45, 2.75) is 36.8 Å². The lowest BCUT2D eigenvalue weighted by atomic mass is 10.0. The maximum atomic E-state index is 13.1. The number of cyclic esters (lactones) is 1. The van der Waals surface area contributed by atoms with Gasteiger partial charge in [0.1, 0.15) is 6.61 Å². The van der Waals surface area contributed by atoms with Gasteiger partial charge in [0, 0.05) is 34.7 Å². The van der Waals surface area contributed by atoms with E-state index in [0.29, 0.717) is 23.4 Å². The topological polar surface area (TPSA) is 110 Å². The van der Waals surface area contributed by atoms with Crippen molar-refractivity contribution in [2.75, 3.05) is 18.0 Å². The van der Waals surface area contributed by atoms with E-state index in [9.17, 15) is 18.0 Å². The normalized spacial score (nSPS) is 17.7. The molecule has 11 heteroatoms. The number of hydrogen-bond acceptors (Lipinski definition) is 5. The summed E-state index contributed by atoms with van der Waals surface area (Å²) >= 11 is 12.2. The smallest absolute Gasteiger partial charge is 0.414 e. The van der Waals surface area contributed by atoms with E-state index in [0.717, 1.165) is 11.3 Å². The molecule has 0 saturated carbocycles. The Bertz CT molecular complexity index is 1180. The Morgan fingerprint density at radius 1 is 1.12 bits per heavy atom. The summed E-state index contributed by atoms with van der Waals surface area (Å²) in [6, 6.07) is 9.33. The van der Waals surface area contributed by atoms with Gasteiger partial charge < -0.3 is 10.5 Å². The van der Waals surface area contributed by atoms with Gasteiger partial charge in [0.25, 0.3) is 0 Å². The molecular formula is C21H21Cl2N3O5S. The third-order valence-electron chi connectivity index (χ3n) is 5.66. The first-order chi connectivity index (χ1) is 15.2. The maximum Gasteiger partial charge on any atom is 0.414 e.